The number of hydrogen-bond acceptors (Lipinski definition) is 9. The van der Waals surface area contributed by atoms with Crippen LogP contribution in [0.3, 0.4) is 0 Å². The smallest absolute Gasteiger partial charge is 0.422 e. The van der Waals surface area contributed by atoms with E-state index in [1.54, 1.807) is 13.8 Å². The van der Waals surface area contributed by atoms with Crippen LogP contribution in [-0.2, 0) is 21.7 Å². The molecule has 14 heteroatoms. The lowest BCUT2D eigenvalue weighted by Crippen LogP contribution is -2.34. The standard InChI is InChI=1S/C20H21N3O3S.C11H10F3NO3/c1-12-22-19(23-26-12)20(2,11-27(3,24)25)17-9-8-15-14-7-5-4-6-13(14)10-16(15)18(17)21;12-11(13,14)5-18-9-3-8(10(16)17)15-4-7(9)6-1-2-6/h4-9H,10-11,21H2,1-3H3;3-4,6H,1-2,5H2,(H,16,17)/t20-;/m1./s1. The molecule has 2 aromatic heterocycles. The Kier molecular flexibility index (Phi) is 8.38. The minimum absolute atomic E-state index is 0.0396. The van der Waals surface area contributed by atoms with Crippen LogP contribution in [0.4, 0.5) is 18.9 Å². The van der Waals surface area contributed by atoms with Gasteiger partial charge in [0.2, 0.25) is 5.89 Å². The molecule has 6 rings (SSSR count). The third-order valence-corrected chi connectivity index (χ3v) is 8.82. The van der Waals surface area contributed by atoms with Gasteiger partial charge in [-0.2, -0.15) is 18.2 Å². The highest BCUT2D eigenvalue weighted by Gasteiger charge is 2.40. The summed E-state index contributed by atoms with van der Waals surface area (Å²) in [6.07, 6.45) is 0.482. The van der Waals surface area contributed by atoms with Gasteiger partial charge in [-0.05, 0) is 53.5 Å². The summed E-state index contributed by atoms with van der Waals surface area (Å²) in [5, 5.41) is 12.8. The zero-order chi connectivity index (χ0) is 32.7. The lowest BCUT2D eigenvalue weighted by molar-refractivity contribution is -0.153. The number of pyridine rings is 1. The Morgan fingerprint density at radius 1 is 1.16 bits per heavy atom. The third-order valence-electron chi connectivity index (χ3n) is 7.72. The largest absolute Gasteiger partial charge is 0.484 e. The molecule has 238 valence electrons. The van der Waals surface area contributed by atoms with E-state index in [9.17, 15) is 26.4 Å². The van der Waals surface area contributed by atoms with Gasteiger partial charge in [-0.25, -0.2) is 18.2 Å². The van der Waals surface area contributed by atoms with Crippen molar-refractivity contribution in [3.8, 4) is 16.9 Å². The van der Waals surface area contributed by atoms with Crippen LogP contribution < -0.4 is 10.5 Å². The molecule has 10 nitrogen and oxygen atoms in total. The van der Waals surface area contributed by atoms with Gasteiger partial charge in [0.1, 0.15) is 15.6 Å². The van der Waals surface area contributed by atoms with Gasteiger partial charge in [-0.15, -0.1) is 0 Å². The molecule has 2 heterocycles. The van der Waals surface area contributed by atoms with E-state index >= 15 is 0 Å². The van der Waals surface area contributed by atoms with E-state index < -0.39 is 34.0 Å². The van der Waals surface area contributed by atoms with Crippen LogP contribution in [-0.4, -0.2) is 59.4 Å². The number of sulfone groups is 1. The van der Waals surface area contributed by atoms with Crippen molar-refractivity contribution in [2.24, 2.45) is 0 Å². The number of carbonyl (C=O) groups is 1. The second-order valence-electron chi connectivity index (χ2n) is 11.5. The summed E-state index contributed by atoms with van der Waals surface area (Å²) in [7, 11) is -3.33. The van der Waals surface area contributed by atoms with E-state index in [2.05, 4.69) is 32.0 Å². The van der Waals surface area contributed by atoms with Crippen molar-refractivity contribution in [1.29, 1.82) is 0 Å². The SMILES string of the molecule is Cc1nc([C@](C)(CS(C)(=O)=O)c2ccc3c(c2N)Cc2ccccc2-3)no1.O=C(O)c1cc(OCC(F)(F)F)c(C2CC2)cn1. The molecule has 2 aliphatic carbocycles. The van der Waals surface area contributed by atoms with Crippen molar-refractivity contribution >= 4 is 21.5 Å². The van der Waals surface area contributed by atoms with Gasteiger partial charge < -0.3 is 20.1 Å². The first-order valence-electron chi connectivity index (χ1n) is 14.0. The fraction of sp³-hybridized carbons (Fsp3) is 0.355. The average molecular weight is 645 g/mol. The Hall–Kier alpha value is -4.46. The first-order chi connectivity index (χ1) is 21.1. The van der Waals surface area contributed by atoms with Crippen LogP contribution in [0.15, 0.2) is 53.2 Å². The number of nitrogens with two attached hydrogens (primary N) is 1. The average Bonchev–Trinajstić information content (AvgIpc) is 3.58. The van der Waals surface area contributed by atoms with Gasteiger partial charge in [0, 0.05) is 43.1 Å². The van der Waals surface area contributed by atoms with Crippen LogP contribution in [0, 0.1) is 6.92 Å². The Balaban J connectivity index is 0.000000194. The minimum atomic E-state index is -4.45. The number of anilines is 1. The zero-order valence-electron chi connectivity index (χ0n) is 24.7. The number of carboxylic acids is 1. The number of carboxylic acid groups (broad SMARTS) is 1. The van der Waals surface area contributed by atoms with Gasteiger partial charge in [-0.3, -0.25) is 0 Å². The number of nitrogens with zero attached hydrogens (tertiary/aromatic N) is 3. The van der Waals surface area contributed by atoms with Crippen LogP contribution in [0.25, 0.3) is 11.1 Å². The predicted molar refractivity (Wildman–Crippen MR) is 159 cm³/mol. The molecule has 1 saturated carbocycles. The van der Waals surface area contributed by atoms with Crippen molar-refractivity contribution in [2.75, 3.05) is 24.3 Å². The quantitative estimate of drug-likeness (QED) is 0.207. The molecule has 0 saturated heterocycles. The van der Waals surface area contributed by atoms with E-state index in [-0.39, 0.29) is 23.1 Å². The van der Waals surface area contributed by atoms with Crippen molar-refractivity contribution in [2.45, 2.75) is 50.6 Å². The van der Waals surface area contributed by atoms with Gasteiger partial charge >= 0.3 is 12.1 Å². The monoisotopic (exact) mass is 644 g/mol. The number of ether oxygens (including phenoxy) is 1. The van der Waals surface area contributed by atoms with Crippen LogP contribution in [0.2, 0.25) is 0 Å². The molecule has 45 heavy (non-hydrogen) atoms. The number of aryl methyl sites for hydroxylation is 1. The number of hydrogen-bond donors (Lipinski definition) is 2. The topological polar surface area (TPSA) is 158 Å². The van der Waals surface area contributed by atoms with Crippen molar-refractivity contribution in [1.82, 2.24) is 15.1 Å². The zero-order valence-corrected chi connectivity index (χ0v) is 25.5. The Bertz CT molecular complexity index is 1870. The second-order valence-corrected chi connectivity index (χ2v) is 13.7. The lowest BCUT2D eigenvalue weighted by atomic mass is 9.80. The van der Waals surface area contributed by atoms with E-state index in [1.807, 2.05) is 24.3 Å². The predicted octanol–water partition coefficient (Wildman–Crippen LogP) is 5.48. The maximum atomic E-state index is 12.2. The lowest BCUT2D eigenvalue weighted by Gasteiger charge is -2.28. The molecular formula is C31H31F3N4O6S. The fourth-order valence-corrected chi connectivity index (χ4v) is 6.91. The van der Waals surface area contributed by atoms with Crippen LogP contribution in [0.1, 0.15) is 70.1 Å². The first-order valence-corrected chi connectivity index (χ1v) is 16.0. The molecule has 0 aliphatic heterocycles. The number of aromatic carboxylic acids is 1. The van der Waals surface area contributed by atoms with Crippen LogP contribution >= 0.6 is 0 Å². The summed E-state index contributed by atoms with van der Waals surface area (Å²) in [4.78, 5) is 18.7. The molecular weight excluding hydrogens is 613 g/mol. The van der Waals surface area contributed by atoms with Crippen molar-refractivity contribution in [3.05, 3.63) is 88.3 Å². The first kappa shape index (κ1) is 31.9. The van der Waals surface area contributed by atoms with Crippen molar-refractivity contribution < 1.29 is 40.8 Å². The highest BCUT2D eigenvalue weighted by Crippen LogP contribution is 2.45. The Labute approximate surface area is 257 Å². The number of rotatable bonds is 8. The number of aromatic nitrogens is 3. The fourth-order valence-electron chi connectivity index (χ4n) is 5.58. The summed E-state index contributed by atoms with van der Waals surface area (Å²) in [5.41, 5.74) is 11.6. The van der Waals surface area contributed by atoms with Crippen molar-refractivity contribution in [3.63, 3.8) is 0 Å². The van der Waals surface area contributed by atoms with Gasteiger partial charge in [0.05, 0.1) is 11.2 Å². The van der Waals surface area contributed by atoms with E-state index in [0.717, 1.165) is 36.5 Å². The van der Waals surface area contributed by atoms with E-state index in [4.69, 9.17) is 15.4 Å². The number of fused-ring (bicyclic) bond motifs is 3. The van der Waals surface area contributed by atoms with Gasteiger partial charge in [-0.1, -0.05) is 41.6 Å². The highest BCUT2D eigenvalue weighted by atomic mass is 32.2. The van der Waals surface area contributed by atoms with E-state index in [0.29, 0.717) is 28.5 Å². The molecule has 4 aromatic rings. The van der Waals surface area contributed by atoms with Crippen LogP contribution in [0.5, 0.6) is 5.75 Å². The maximum Gasteiger partial charge on any atom is 0.422 e. The molecule has 2 aliphatic rings. The van der Waals surface area contributed by atoms with Gasteiger partial charge in [0.15, 0.2) is 18.1 Å². The number of benzene rings is 2. The molecule has 1 fully saturated rings. The maximum absolute atomic E-state index is 12.2. The summed E-state index contributed by atoms with van der Waals surface area (Å²) in [6.45, 7) is 2.05. The Morgan fingerprint density at radius 2 is 1.87 bits per heavy atom. The molecule has 0 radical (unpaired) electrons. The molecule has 0 unspecified atom stereocenters. The minimum Gasteiger partial charge on any atom is -0.484 e. The molecule has 3 N–H and O–H groups in total. The summed E-state index contributed by atoms with van der Waals surface area (Å²) >= 11 is 0. The molecule has 0 spiro atoms. The summed E-state index contributed by atoms with van der Waals surface area (Å²) in [5.74, 6) is -0.654. The molecule has 0 amide bonds. The third kappa shape index (κ3) is 7.11. The number of nitrogen functional groups attached to an aromatic ring is 1. The van der Waals surface area contributed by atoms with Gasteiger partial charge in [0.25, 0.3) is 0 Å². The molecule has 1 atom stereocenters. The van der Waals surface area contributed by atoms with E-state index in [1.165, 1.54) is 23.6 Å². The highest BCUT2D eigenvalue weighted by molar-refractivity contribution is 7.90. The normalized spacial score (nSPS) is 15.3. The Morgan fingerprint density at radius 3 is 2.47 bits per heavy atom. The second kappa shape index (κ2) is 11.8. The molecule has 2 aromatic carbocycles. The number of halogens is 3. The number of alkyl halides is 3. The summed E-state index contributed by atoms with van der Waals surface area (Å²) < 4.78 is 70.5. The molecule has 0 bridgehead atoms. The summed E-state index contributed by atoms with van der Waals surface area (Å²) in [6, 6.07) is 13.1.